The first-order valence-electron chi connectivity index (χ1n) is 12.5. The Kier molecular flexibility index (Phi) is 9.05. The van der Waals surface area contributed by atoms with E-state index >= 15 is 0 Å². The number of hydrogen-bond donors (Lipinski definition) is 1. The van der Waals surface area contributed by atoms with Crippen LogP contribution < -0.4 is 14.8 Å². The minimum atomic E-state index is -4.35. The number of aromatic nitrogens is 2. The summed E-state index contributed by atoms with van der Waals surface area (Å²) in [6.45, 7) is 3.35. The lowest BCUT2D eigenvalue weighted by molar-refractivity contribution is -0.153. The van der Waals surface area contributed by atoms with Crippen LogP contribution in [0.5, 0.6) is 10.9 Å². The molecule has 1 amide bonds. The minimum Gasteiger partial charge on any atom is -0.482 e. The van der Waals surface area contributed by atoms with Crippen LogP contribution in [0.4, 0.5) is 13.2 Å². The van der Waals surface area contributed by atoms with E-state index in [-0.39, 0.29) is 23.7 Å². The van der Waals surface area contributed by atoms with Crippen LogP contribution in [0.15, 0.2) is 18.3 Å². The molecule has 36 heavy (non-hydrogen) atoms. The van der Waals surface area contributed by atoms with Gasteiger partial charge >= 0.3 is 6.18 Å². The van der Waals surface area contributed by atoms with Crippen LogP contribution in [0.25, 0.3) is 0 Å². The molecule has 7 nitrogen and oxygen atoms in total. The number of rotatable bonds is 9. The third-order valence-electron chi connectivity index (χ3n) is 6.76. The summed E-state index contributed by atoms with van der Waals surface area (Å²) in [6.07, 6.45) is 4.06. The van der Waals surface area contributed by atoms with E-state index in [1.54, 1.807) is 6.20 Å². The normalized spacial score (nSPS) is 20.9. The van der Waals surface area contributed by atoms with Crippen molar-refractivity contribution in [2.24, 2.45) is 5.92 Å². The first-order valence-corrected chi connectivity index (χ1v) is 13.3. The SMILES string of the molecule is Cc1ccc(OCC(=O)NC2CCC(CCN3CCc4nc(OCC(F)(F)F)sc4CC3)CC2)cn1. The maximum Gasteiger partial charge on any atom is 0.422 e. The van der Waals surface area contributed by atoms with Gasteiger partial charge in [0.05, 0.1) is 11.9 Å². The molecule has 0 aromatic carbocycles. The number of thiazole rings is 1. The predicted molar refractivity (Wildman–Crippen MR) is 130 cm³/mol. The Bertz CT molecular complexity index is 966. The average Bonchev–Trinajstić information content (AvgIpc) is 3.15. The van der Waals surface area contributed by atoms with Crippen molar-refractivity contribution in [3.63, 3.8) is 0 Å². The van der Waals surface area contributed by atoms with Gasteiger partial charge in [-0.05, 0) is 70.0 Å². The van der Waals surface area contributed by atoms with Gasteiger partial charge in [-0.3, -0.25) is 9.78 Å². The lowest BCUT2D eigenvalue weighted by Gasteiger charge is -2.30. The number of halogens is 3. The molecule has 0 spiro atoms. The molecule has 1 aliphatic carbocycles. The van der Waals surface area contributed by atoms with Crippen LogP contribution in [0.1, 0.15) is 48.4 Å². The molecule has 3 heterocycles. The van der Waals surface area contributed by atoms with Crippen molar-refractivity contribution < 1.29 is 27.4 Å². The first-order chi connectivity index (χ1) is 17.2. The Hall–Kier alpha value is -2.40. The van der Waals surface area contributed by atoms with E-state index in [9.17, 15) is 18.0 Å². The van der Waals surface area contributed by atoms with Crippen molar-refractivity contribution in [1.29, 1.82) is 0 Å². The Labute approximate surface area is 213 Å². The maximum absolute atomic E-state index is 12.4. The summed E-state index contributed by atoms with van der Waals surface area (Å²) in [6, 6.07) is 3.86. The van der Waals surface area contributed by atoms with Crippen molar-refractivity contribution >= 4 is 17.2 Å². The summed E-state index contributed by atoms with van der Waals surface area (Å²) < 4.78 is 47.5. The van der Waals surface area contributed by atoms with E-state index in [1.165, 1.54) is 11.3 Å². The molecule has 11 heteroatoms. The van der Waals surface area contributed by atoms with Gasteiger partial charge in [-0.2, -0.15) is 13.2 Å². The number of hydrogen-bond acceptors (Lipinski definition) is 7. The monoisotopic (exact) mass is 526 g/mol. The van der Waals surface area contributed by atoms with Crippen LogP contribution in [0.2, 0.25) is 0 Å². The number of carbonyl (C=O) groups excluding carboxylic acids is 1. The van der Waals surface area contributed by atoms with E-state index in [0.717, 1.165) is 80.8 Å². The second-order valence-corrected chi connectivity index (χ2v) is 10.6. The molecule has 198 valence electrons. The molecular formula is C25H33F3N4O3S. The van der Waals surface area contributed by atoms with Crippen molar-refractivity contribution in [2.45, 2.75) is 64.1 Å². The Morgan fingerprint density at radius 2 is 1.94 bits per heavy atom. The number of carbonyl (C=O) groups is 1. The van der Waals surface area contributed by atoms with Gasteiger partial charge in [0.1, 0.15) is 5.75 Å². The molecule has 0 atom stereocenters. The highest BCUT2D eigenvalue weighted by Gasteiger charge is 2.30. The fourth-order valence-electron chi connectivity index (χ4n) is 4.73. The number of pyridine rings is 1. The maximum atomic E-state index is 12.4. The molecule has 2 aromatic heterocycles. The molecule has 0 saturated heterocycles. The third kappa shape index (κ3) is 8.33. The molecule has 0 bridgehead atoms. The summed E-state index contributed by atoms with van der Waals surface area (Å²) >= 11 is 1.24. The van der Waals surface area contributed by atoms with Crippen molar-refractivity contribution in [2.75, 3.05) is 32.8 Å². The molecule has 1 N–H and O–H groups in total. The number of ether oxygens (including phenoxy) is 2. The Balaban J connectivity index is 1.11. The van der Waals surface area contributed by atoms with E-state index in [0.29, 0.717) is 11.7 Å². The first kappa shape index (κ1) is 26.7. The second kappa shape index (κ2) is 12.2. The molecular weight excluding hydrogens is 493 g/mol. The molecule has 2 aliphatic rings. The van der Waals surface area contributed by atoms with Crippen molar-refractivity contribution in [1.82, 2.24) is 20.2 Å². The second-order valence-electron chi connectivity index (χ2n) is 9.59. The highest BCUT2D eigenvalue weighted by atomic mass is 32.1. The summed E-state index contributed by atoms with van der Waals surface area (Å²) in [5.41, 5.74) is 1.78. The van der Waals surface area contributed by atoms with Crippen LogP contribution in [0.3, 0.4) is 0 Å². The van der Waals surface area contributed by atoms with Crippen LogP contribution in [-0.2, 0) is 17.6 Å². The quantitative estimate of drug-likeness (QED) is 0.524. The zero-order valence-corrected chi connectivity index (χ0v) is 21.3. The van der Waals surface area contributed by atoms with Gasteiger partial charge in [-0.15, -0.1) is 0 Å². The van der Waals surface area contributed by atoms with Crippen LogP contribution in [0, 0.1) is 12.8 Å². The van der Waals surface area contributed by atoms with E-state index in [1.807, 2.05) is 19.1 Å². The van der Waals surface area contributed by atoms with Gasteiger partial charge < -0.3 is 19.7 Å². The van der Waals surface area contributed by atoms with Crippen LogP contribution in [-0.4, -0.2) is 65.8 Å². The molecule has 1 fully saturated rings. The van der Waals surface area contributed by atoms with E-state index < -0.39 is 12.8 Å². The van der Waals surface area contributed by atoms with E-state index in [2.05, 4.69) is 20.2 Å². The number of aryl methyl sites for hydroxylation is 1. The molecule has 1 aliphatic heterocycles. The van der Waals surface area contributed by atoms with Gasteiger partial charge in [-0.1, -0.05) is 11.3 Å². The number of nitrogens with one attached hydrogen (secondary N) is 1. The molecule has 1 saturated carbocycles. The number of fused-ring (bicyclic) bond motifs is 1. The third-order valence-corrected chi connectivity index (χ3v) is 7.83. The number of amides is 1. The molecule has 4 rings (SSSR count). The fraction of sp³-hybridized carbons (Fsp3) is 0.640. The Morgan fingerprint density at radius 1 is 1.17 bits per heavy atom. The predicted octanol–water partition coefficient (Wildman–Crippen LogP) is 4.33. The van der Waals surface area contributed by atoms with Crippen LogP contribution >= 0.6 is 11.3 Å². The van der Waals surface area contributed by atoms with Crippen molar-refractivity contribution in [3.8, 4) is 10.9 Å². The van der Waals surface area contributed by atoms with Gasteiger partial charge in [0.25, 0.3) is 11.1 Å². The highest BCUT2D eigenvalue weighted by Crippen LogP contribution is 2.31. The van der Waals surface area contributed by atoms with Gasteiger partial charge in [-0.25, -0.2) is 4.98 Å². The largest absolute Gasteiger partial charge is 0.482 e. The fourth-order valence-corrected chi connectivity index (χ4v) is 5.68. The average molecular weight is 527 g/mol. The zero-order chi connectivity index (χ0) is 25.5. The van der Waals surface area contributed by atoms with Gasteiger partial charge in [0.2, 0.25) is 0 Å². The topological polar surface area (TPSA) is 76.6 Å². The lowest BCUT2D eigenvalue weighted by atomic mass is 9.84. The zero-order valence-electron chi connectivity index (χ0n) is 20.5. The lowest BCUT2D eigenvalue weighted by Crippen LogP contribution is -2.40. The molecule has 2 aromatic rings. The smallest absolute Gasteiger partial charge is 0.422 e. The van der Waals surface area contributed by atoms with Crippen molar-refractivity contribution in [3.05, 3.63) is 34.6 Å². The van der Waals surface area contributed by atoms with Gasteiger partial charge in [0.15, 0.2) is 13.2 Å². The Morgan fingerprint density at radius 3 is 2.67 bits per heavy atom. The van der Waals surface area contributed by atoms with E-state index in [4.69, 9.17) is 9.47 Å². The summed E-state index contributed by atoms with van der Waals surface area (Å²) in [7, 11) is 0. The highest BCUT2D eigenvalue weighted by molar-refractivity contribution is 7.13. The number of alkyl halides is 3. The summed E-state index contributed by atoms with van der Waals surface area (Å²) in [5, 5.41) is 3.21. The van der Waals surface area contributed by atoms with Gasteiger partial charge in [0, 0.05) is 36.1 Å². The summed E-state index contributed by atoms with van der Waals surface area (Å²) in [5.74, 6) is 1.14. The molecule has 0 radical (unpaired) electrons. The molecule has 0 unspecified atom stereocenters. The number of nitrogens with zero attached hydrogens (tertiary/aromatic N) is 3. The summed E-state index contributed by atoms with van der Waals surface area (Å²) in [4.78, 5) is 24.2. The minimum absolute atomic E-state index is 0.00405. The standard InChI is InChI=1S/C25H33F3N4O3S/c1-17-2-7-20(14-29-17)34-15-23(33)30-19-5-3-18(4-6-19)8-11-32-12-9-21-22(10-13-32)36-24(31-21)35-16-25(26,27)28/h2,7,14,18-19H,3-6,8-13,15-16H2,1H3,(H,30,33).